The fourth-order valence-electron chi connectivity index (χ4n) is 2.88. The van der Waals surface area contributed by atoms with Crippen molar-refractivity contribution < 1.29 is 23.5 Å². The second-order valence-electron chi connectivity index (χ2n) is 4.81. The molecule has 3 unspecified atom stereocenters. The smallest absolute Gasteiger partial charge is 0.326 e. The van der Waals surface area contributed by atoms with Crippen molar-refractivity contribution in [3.63, 3.8) is 0 Å². The fourth-order valence-corrected chi connectivity index (χ4v) is 2.88. The van der Waals surface area contributed by atoms with E-state index < -0.39 is 24.9 Å². The van der Waals surface area contributed by atoms with Gasteiger partial charge in [0.1, 0.15) is 6.04 Å². The Balaban J connectivity index is 1.86. The van der Waals surface area contributed by atoms with E-state index in [2.05, 4.69) is 5.32 Å². The second kappa shape index (κ2) is 4.58. The van der Waals surface area contributed by atoms with E-state index in [0.29, 0.717) is 11.8 Å². The summed E-state index contributed by atoms with van der Waals surface area (Å²) in [5.41, 5.74) is 0. The largest absolute Gasteiger partial charge is 0.480 e. The first-order valence-electron chi connectivity index (χ1n) is 5.82. The average molecular weight is 247 g/mol. The number of carbonyl (C=O) groups is 2. The van der Waals surface area contributed by atoms with Crippen LogP contribution >= 0.6 is 0 Å². The molecule has 2 N–H and O–H groups in total. The second-order valence-corrected chi connectivity index (χ2v) is 4.81. The summed E-state index contributed by atoms with van der Waals surface area (Å²) in [4.78, 5) is 22.4. The molecule has 17 heavy (non-hydrogen) atoms. The van der Waals surface area contributed by atoms with E-state index in [0.717, 1.165) is 19.3 Å². The van der Waals surface area contributed by atoms with Crippen molar-refractivity contribution >= 4 is 11.9 Å². The third kappa shape index (κ3) is 2.56. The van der Waals surface area contributed by atoms with Gasteiger partial charge < -0.3 is 10.4 Å². The van der Waals surface area contributed by atoms with Crippen molar-refractivity contribution in [2.45, 2.75) is 38.2 Å². The molecule has 2 fully saturated rings. The van der Waals surface area contributed by atoms with Gasteiger partial charge in [-0.05, 0) is 24.7 Å². The first-order chi connectivity index (χ1) is 8.00. The van der Waals surface area contributed by atoms with Crippen LogP contribution < -0.4 is 5.32 Å². The van der Waals surface area contributed by atoms with Gasteiger partial charge in [0.05, 0.1) is 0 Å². The van der Waals surface area contributed by atoms with Gasteiger partial charge in [-0.3, -0.25) is 4.79 Å². The molecule has 0 aromatic heterocycles. The lowest BCUT2D eigenvalue weighted by atomic mass is 10.1. The van der Waals surface area contributed by atoms with E-state index in [1.807, 2.05) is 0 Å². The van der Waals surface area contributed by atoms with Crippen molar-refractivity contribution in [1.29, 1.82) is 0 Å². The van der Waals surface area contributed by atoms with Crippen molar-refractivity contribution in [1.82, 2.24) is 5.32 Å². The van der Waals surface area contributed by atoms with E-state index in [-0.39, 0.29) is 11.8 Å². The maximum atomic E-state index is 12.1. The Labute approximate surface area is 97.4 Å². The highest BCUT2D eigenvalue weighted by Crippen LogP contribution is 2.57. The lowest BCUT2D eigenvalue weighted by molar-refractivity contribution is -0.143. The molecule has 0 aromatic rings. The molecule has 0 radical (unpaired) electrons. The van der Waals surface area contributed by atoms with Gasteiger partial charge in [0.25, 0.3) is 0 Å². The minimum Gasteiger partial charge on any atom is -0.480 e. The van der Waals surface area contributed by atoms with Gasteiger partial charge >= 0.3 is 5.97 Å². The summed E-state index contributed by atoms with van der Waals surface area (Å²) in [6, 6.07) is -1.47. The van der Waals surface area contributed by atoms with Crippen LogP contribution in [0.5, 0.6) is 0 Å². The molecule has 0 heterocycles. The molecule has 3 atom stereocenters. The van der Waals surface area contributed by atoms with E-state index in [1.165, 1.54) is 0 Å². The molecular formula is C11H15F2NO3. The maximum absolute atomic E-state index is 12.1. The third-order valence-electron chi connectivity index (χ3n) is 3.74. The Morgan fingerprint density at radius 3 is 2.35 bits per heavy atom. The van der Waals surface area contributed by atoms with Crippen molar-refractivity contribution in [2.24, 2.45) is 17.8 Å². The standard InChI is InChI=1S/C11H15F2NO3/c12-8(13)4-7(11(16)17)14-10(15)9-5-2-1-3-6(5)9/h5-9H,1-4H2,(H,14,15)(H,16,17). The van der Waals surface area contributed by atoms with Crippen molar-refractivity contribution in [3.8, 4) is 0 Å². The zero-order chi connectivity index (χ0) is 12.6. The number of carbonyl (C=O) groups excluding carboxylic acids is 1. The molecule has 0 aromatic carbocycles. The molecule has 1 amide bonds. The first-order valence-corrected chi connectivity index (χ1v) is 5.82. The predicted octanol–water partition coefficient (Wildman–Crippen LogP) is 1.26. The molecule has 6 heteroatoms. The molecule has 0 bridgehead atoms. The van der Waals surface area contributed by atoms with Gasteiger partial charge in [-0.1, -0.05) is 6.42 Å². The summed E-state index contributed by atoms with van der Waals surface area (Å²) in [5, 5.41) is 10.9. The quantitative estimate of drug-likeness (QED) is 0.768. The maximum Gasteiger partial charge on any atom is 0.326 e. The van der Waals surface area contributed by atoms with E-state index in [9.17, 15) is 18.4 Å². The monoisotopic (exact) mass is 247 g/mol. The van der Waals surface area contributed by atoms with Gasteiger partial charge in [0.15, 0.2) is 0 Å². The van der Waals surface area contributed by atoms with Crippen LogP contribution in [0.2, 0.25) is 0 Å². The number of rotatable bonds is 5. The van der Waals surface area contributed by atoms with Crippen LogP contribution in [-0.2, 0) is 9.59 Å². The normalized spacial score (nSPS) is 32.1. The number of hydrogen-bond donors (Lipinski definition) is 2. The Kier molecular flexibility index (Phi) is 3.31. The van der Waals surface area contributed by atoms with Crippen molar-refractivity contribution in [3.05, 3.63) is 0 Å². The molecule has 2 aliphatic rings. The van der Waals surface area contributed by atoms with Crippen LogP contribution in [0.3, 0.4) is 0 Å². The predicted molar refractivity (Wildman–Crippen MR) is 54.5 cm³/mol. The molecule has 4 nitrogen and oxygen atoms in total. The van der Waals surface area contributed by atoms with Crippen LogP contribution in [0.1, 0.15) is 25.7 Å². The number of aliphatic carboxylic acids is 1. The lowest BCUT2D eigenvalue weighted by Gasteiger charge is -2.14. The highest BCUT2D eigenvalue weighted by atomic mass is 19.3. The summed E-state index contributed by atoms with van der Waals surface area (Å²) in [5.74, 6) is -1.19. The van der Waals surface area contributed by atoms with E-state index in [1.54, 1.807) is 0 Å². The van der Waals surface area contributed by atoms with E-state index >= 15 is 0 Å². The van der Waals surface area contributed by atoms with Crippen LogP contribution in [0.4, 0.5) is 8.78 Å². The zero-order valence-corrected chi connectivity index (χ0v) is 9.23. The highest BCUT2D eigenvalue weighted by molar-refractivity contribution is 5.87. The lowest BCUT2D eigenvalue weighted by Crippen LogP contribution is -2.43. The third-order valence-corrected chi connectivity index (χ3v) is 3.74. The zero-order valence-electron chi connectivity index (χ0n) is 9.23. The Morgan fingerprint density at radius 2 is 1.88 bits per heavy atom. The Morgan fingerprint density at radius 1 is 1.29 bits per heavy atom. The minimum atomic E-state index is -2.73. The minimum absolute atomic E-state index is 0.136. The molecular weight excluding hydrogens is 232 g/mol. The Hall–Kier alpha value is -1.20. The number of halogens is 2. The fraction of sp³-hybridized carbons (Fsp3) is 0.818. The average Bonchev–Trinajstić information content (AvgIpc) is 2.71. The summed E-state index contributed by atoms with van der Waals surface area (Å²) in [7, 11) is 0. The van der Waals surface area contributed by atoms with Gasteiger partial charge in [0.2, 0.25) is 12.3 Å². The topological polar surface area (TPSA) is 66.4 Å². The number of carboxylic acids is 1. The Bertz CT molecular complexity index is 325. The summed E-state index contributed by atoms with van der Waals surface area (Å²) in [6.07, 6.45) is -0.457. The number of carboxylic acid groups (broad SMARTS) is 1. The summed E-state index contributed by atoms with van der Waals surface area (Å²) >= 11 is 0. The number of hydrogen-bond acceptors (Lipinski definition) is 2. The molecule has 2 saturated carbocycles. The number of nitrogens with one attached hydrogen (secondary N) is 1. The number of alkyl halides is 2. The molecule has 2 rings (SSSR count). The van der Waals surface area contributed by atoms with Gasteiger partial charge in [-0.25, -0.2) is 13.6 Å². The number of amides is 1. The molecule has 0 aliphatic heterocycles. The van der Waals surface area contributed by atoms with Gasteiger partial charge in [-0.2, -0.15) is 0 Å². The highest BCUT2D eigenvalue weighted by Gasteiger charge is 2.56. The van der Waals surface area contributed by atoms with E-state index in [4.69, 9.17) is 5.11 Å². The SMILES string of the molecule is O=C(O)C(CC(F)F)NC(=O)C1C2CCCC21. The van der Waals surface area contributed by atoms with Crippen molar-refractivity contribution in [2.75, 3.05) is 0 Å². The van der Waals surface area contributed by atoms with Crippen LogP contribution in [0.25, 0.3) is 0 Å². The molecule has 0 saturated heterocycles. The summed E-state index contributed by atoms with van der Waals surface area (Å²) in [6.45, 7) is 0. The van der Waals surface area contributed by atoms with Crippen LogP contribution in [0, 0.1) is 17.8 Å². The molecule has 96 valence electrons. The summed E-state index contributed by atoms with van der Waals surface area (Å²) < 4.78 is 24.3. The van der Waals surface area contributed by atoms with Gasteiger partial charge in [0, 0.05) is 12.3 Å². The van der Waals surface area contributed by atoms with Crippen LogP contribution in [-0.4, -0.2) is 29.5 Å². The molecule has 0 spiro atoms. The first kappa shape index (κ1) is 12.3. The van der Waals surface area contributed by atoms with Gasteiger partial charge in [-0.15, -0.1) is 0 Å². The number of fused-ring (bicyclic) bond motifs is 1. The van der Waals surface area contributed by atoms with Crippen LogP contribution in [0.15, 0.2) is 0 Å². The molecule has 2 aliphatic carbocycles.